The summed E-state index contributed by atoms with van der Waals surface area (Å²) in [6.45, 7) is 25.8. The highest BCUT2D eigenvalue weighted by Gasteiger charge is 2.78. The minimum absolute atomic E-state index is 0.0423. The van der Waals surface area contributed by atoms with Crippen LogP contribution in [-0.2, 0) is 20.9 Å². The van der Waals surface area contributed by atoms with Gasteiger partial charge in [-0.3, -0.25) is 14.4 Å². The van der Waals surface area contributed by atoms with Gasteiger partial charge in [0.25, 0.3) is 0 Å². The normalized spacial score (nSPS) is 27.9. The summed E-state index contributed by atoms with van der Waals surface area (Å²) in [4.78, 5) is 50.3. The molecule has 2 bridgehead atoms. The summed E-state index contributed by atoms with van der Waals surface area (Å²) in [6.07, 6.45) is 6.24. The molecule has 0 radical (unpaired) electrons. The van der Waals surface area contributed by atoms with E-state index in [1.807, 2.05) is 40.1 Å². The highest BCUT2D eigenvalue weighted by molar-refractivity contribution is 8.02. The van der Waals surface area contributed by atoms with Gasteiger partial charge in [-0.1, -0.05) is 77.1 Å². The zero-order valence-electron chi connectivity index (χ0n) is 29.4. The lowest BCUT2D eigenvalue weighted by molar-refractivity contribution is -0.150. The number of thioether (sulfide) groups is 1. The van der Waals surface area contributed by atoms with Crippen molar-refractivity contribution in [2.45, 2.75) is 115 Å². The molecule has 3 aliphatic rings. The molecule has 3 amide bonds. The lowest BCUT2D eigenvalue weighted by Gasteiger charge is -2.46. The second kappa shape index (κ2) is 13.5. The number of amides is 3. The van der Waals surface area contributed by atoms with Crippen LogP contribution in [0.1, 0.15) is 86.6 Å². The molecule has 2 unspecified atom stereocenters. The zero-order valence-corrected chi connectivity index (χ0v) is 30.2. The van der Waals surface area contributed by atoms with Gasteiger partial charge in [0.05, 0.1) is 29.2 Å². The minimum Gasteiger partial charge on any atom is -0.394 e. The summed E-state index contributed by atoms with van der Waals surface area (Å²) < 4.78 is -1.26. The molecule has 0 aromatic heterocycles. The van der Waals surface area contributed by atoms with Crippen molar-refractivity contribution in [2.75, 3.05) is 19.7 Å². The molecule has 1 aromatic rings. The first-order valence-electron chi connectivity index (χ1n) is 17.0. The largest absolute Gasteiger partial charge is 0.394 e. The van der Waals surface area contributed by atoms with Gasteiger partial charge in [-0.15, -0.1) is 24.9 Å². The molecule has 7 nitrogen and oxygen atoms in total. The van der Waals surface area contributed by atoms with Crippen LogP contribution < -0.4 is 0 Å². The number of rotatable bonds is 14. The predicted molar refractivity (Wildman–Crippen MR) is 188 cm³/mol. The second-order valence-corrected chi connectivity index (χ2v) is 18.1. The van der Waals surface area contributed by atoms with Crippen LogP contribution in [0.15, 0.2) is 55.6 Å². The highest BCUT2D eigenvalue weighted by Crippen LogP contribution is 2.72. The van der Waals surface area contributed by atoms with E-state index in [1.165, 1.54) is 0 Å². The maximum atomic E-state index is 15.2. The molecular formula is C38H57N3O4S. The van der Waals surface area contributed by atoms with Crippen molar-refractivity contribution in [3.63, 3.8) is 0 Å². The number of aliphatic hydroxyl groups is 1. The number of benzene rings is 1. The molecule has 1 N–H and O–H groups in total. The Bertz CT molecular complexity index is 1310. The molecule has 254 valence electrons. The molecular weight excluding hydrogens is 595 g/mol. The van der Waals surface area contributed by atoms with Crippen molar-refractivity contribution in [1.82, 2.24) is 14.7 Å². The summed E-state index contributed by atoms with van der Waals surface area (Å²) >= 11 is 1.69. The van der Waals surface area contributed by atoms with E-state index < -0.39 is 39.0 Å². The van der Waals surface area contributed by atoms with Crippen molar-refractivity contribution in [1.29, 1.82) is 0 Å². The van der Waals surface area contributed by atoms with Crippen molar-refractivity contribution in [3.8, 4) is 0 Å². The van der Waals surface area contributed by atoms with Crippen LogP contribution in [-0.4, -0.2) is 84.3 Å². The summed E-state index contributed by atoms with van der Waals surface area (Å²) in [5.41, 5.74) is 0.454. The summed E-state index contributed by atoms with van der Waals surface area (Å²) in [6, 6.07) is 8.58. The average molecular weight is 652 g/mol. The van der Waals surface area contributed by atoms with Crippen LogP contribution in [0, 0.1) is 23.2 Å². The first-order valence-corrected chi connectivity index (χ1v) is 17.8. The monoisotopic (exact) mass is 651 g/mol. The van der Waals surface area contributed by atoms with E-state index in [9.17, 15) is 14.7 Å². The number of hydrogen-bond donors (Lipinski definition) is 1. The molecule has 0 aliphatic carbocycles. The van der Waals surface area contributed by atoms with Gasteiger partial charge in [0.1, 0.15) is 6.04 Å². The molecule has 6 atom stereocenters. The highest BCUT2D eigenvalue weighted by atomic mass is 32.2. The number of carbonyl (C=O) groups excluding carboxylic acids is 3. The lowest BCUT2D eigenvalue weighted by atomic mass is 9.66. The Hall–Kier alpha value is -2.58. The lowest BCUT2D eigenvalue weighted by Crippen LogP contribution is -2.61. The third-order valence-electron chi connectivity index (χ3n) is 10.2. The topological polar surface area (TPSA) is 81.2 Å². The Morgan fingerprint density at radius 2 is 1.70 bits per heavy atom. The van der Waals surface area contributed by atoms with Crippen LogP contribution in [0.2, 0.25) is 0 Å². The van der Waals surface area contributed by atoms with Gasteiger partial charge < -0.3 is 19.8 Å². The van der Waals surface area contributed by atoms with Crippen LogP contribution in [0.25, 0.3) is 0 Å². The Kier molecular flexibility index (Phi) is 10.6. The SMILES string of the molecule is C=CCN(Cc1ccccc1)C(=O)[C@@H]1[C@H]2C(=O)N([C@@H](CO)CC(C)C)C(C(=O)N(CC=C)C(C)(C)CC(C)(C)C)C23CC[C@@]1(C)S3. The number of likely N-dealkylation sites (tertiary alicyclic amines) is 1. The molecule has 3 heterocycles. The van der Waals surface area contributed by atoms with E-state index in [2.05, 4.69) is 68.5 Å². The Labute approximate surface area is 281 Å². The van der Waals surface area contributed by atoms with Gasteiger partial charge in [-0.25, -0.2) is 0 Å². The van der Waals surface area contributed by atoms with Gasteiger partial charge in [-0.2, -0.15) is 0 Å². The van der Waals surface area contributed by atoms with Crippen molar-refractivity contribution >= 4 is 29.5 Å². The molecule has 46 heavy (non-hydrogen) atoms. The van der Waals surface area contributed by atoms with Crippen LogP contribution in [0.4, 0.5) is 0 Å². The van der Waals surface area contributed by atoms with Gasteiger partial charge in [0.2, 0.25) is 17.7 Å². The van der Waals surface area contributed by atoms with Gasteiger partial charge >= 0.3 is 0 Å². The summed E-state index contributed by atoms with van der Waals surface area (Å²) in [7, 11) is 0. The quantitative estimate of drug-likeness (QED) is 0.238. The number of fused-ring (bicyclic) bond motifs is 1. The maximum Gasteiger partial charge on any atom is 0.247 e. The van der Waals surface area contributed by atoms with E-state index in [4.69, 9.17) is 0 Å². The average Bonchev–Trinajstić information content (AvgIpc) is 3.53. The third kappa shape index (κ3) is 6.71. The number of carbonyl (C=O) groups is 3. The van der Waals surface area contributed by atoms with Gasteiger partial charge in [0.15, 0.2) is 0 Å². The fourth-order valence-electron chi connectivity index (χ4n) is 8.93. The molecule has 3 aliphatic heterocycles. The molecule has 1 aromatic carbocycles. The Balaban J connectivity index is 1.84. The first kappa shape index (κ1) is 36.3. The molecule has 3 saturated heterocycles. The first-order chi connectivity index (χ1) is 21.5. The van der Waals surface area contributed by atoms with E-state index in [0.29, 0.717) is 32.5 Å². The predicted octanol–water partition coefficient (Wildman–Crippen LogP) is 6.32. The van der Waals surface area contributed by atoms with E-state index in [0.717, 1.165) is 18.4 Å². The second-order valence-electron chi connectivity index (χ2n) is 16.2. The van der Waals surface area contributed by atoms with Crippen molar-refractivity contribution in [2.24, 2.45) is 23.2 Å². The van der Waals surface area contributed by atoms with Crippen molar-refractivity contribution < 1.29 is 19.5 Å². The van der Waals surface area contributed by atoms with Crippen LogP contribution in [0.5, 0.6) is 0 Å². The maximum absolute atomic E-state index is 15.2. The number of nitrogens with zero attached hydrogens (tertiary/aromatic N) is 3. The molecule has 1 spiro atoms. The van der Waals surface area contributed by atoms with Crippen LogP contribution in [0.3, 0.4) is 0 Å². The van der Waals surface area contributed by atoms with Crippen LogP contribution >= 0.6 is 11.8 Å². The van der Waals surface area contributed by atoms with Gasteiger partial charge in [0, 0.05) is 29.9 Å². The number of hydrogen-bond acceptors (Lipinski definition) is 5. The zero-order chi connectivity index (χ0) is 34.2. The summed E-state index contributed by atoms with van der Waals surface area (Å²) in [5.74, 6) is -1.38. The minimum atomic E-state index is -0.785. The van der Waals surface area contributed by atoms with E-state index in [1.54, 1.807) is 28.8 Å². The van der Waals surface area contributed by atoms with Gasteiger partial charge in [-0.05, 0) is 63.4 Å². The fraction of sp³-hybridized carbons (Fsp3) is 0.658. The van der Waals surface area contributed by atoms with E-state index >= 15 is 4.79 Å². The standard InChI is InChI=1S/C38H57N3O4S/c1-11-20-39(23-27-16-14-13-15-17-27)32(43)29-30-33(44)41(28(24-42)22-26(3)4)31(38(30)19-18-37(29,10)46-38)34(45)40(21-12-2)36(8,9)25-35(5,6)7/h11-17,26,28-31,42H,1-2,18-25H2,3-10H3/t28-,29+,30+,31?,37-,38?/m1/s1. The Morgan fingerprint density at radius 3 is 2.24 bits per heavy atom. The third-order valence-corrected chi connectivity index (χ3v) is 12.2. The Morgan fingerprint density at radius 1 is 1.07 bits per heavy atom. The fourth-order valence-corrected chi connectivity index (χ4v) is 11.3. The van der Waals surface area contributed by atoms with E-state index in [-0.39, 0.29) is 35.7 Å². The summed E-state index contributed by atoms with van der Waals surface area (Å²) in [5, 5.41) is 10.8. The molecule has 8 heteroatoms. The number of aliphatic hydroxyl groups excluding tert-OH is 1. The molecule has 0 saturated carbocycles. The van der Waals surface area contributed by atoms with Crippen molar-refractivity contribution in [3.05, 3.63) is 61.2 Å². The molecule has 4 rings (SSSR count). The smallest absolute Gasteiger partial charge is 0.247 e. The molecule has 3 fully saturated rings.